The van der Waals surface area contributed by atoms with Gasteiger partial charge in [-0.15, -0.1) is 0 Å². The Hall–Kier alpha value is -1.35. The van der Waals surface area contributed by atoms with Crippen molar-refractivity contribution in [3.63, 3.8) is 0 Å². The van der Waals surface area contributed by atoms with Gasteiger partial charge in [0.1, 0.15) is 5.54 Å². The van der Waals surface area contributed by atoms with Crippen LogP contribution in [0.15, 0.2) is 18.2 Å². The van der Waals surface area contributed by atoms with E-state index < -0.39 is 11.5 Å². The first-order chi connectivity index (χ1) is 7.95. The maximum Gasteiger partial charge on any atom is 0.328 e. The topological polar surface area (TPSA) is 49.3 Å². The summed E-state index contributed by atoms with van der Waals surface area (Å²) in [5.41, 5.74) is 2.32. The lowest BCUT2D eigenvalue weighted by molar-refractivity contribution is -0.145. The summed E-state index contributed by atoms with van der Waals surface area (Å²) in [6.07, 6.45) is 1.47. The zero-order chi connectivity index (χ0) is 12.6. The van der Waals surface area contributed by atoms with Crippen LogP contribution in [0.25, 0.3) is 0 Å². The molecule has 1 aliphatic carbocycles. The molecule has 1 atom stereocenters. The summed E-state index contributed by atoms with van der Waals surface area (Å²) in [4.78, 5) is 11.7. The van der Waals surface area contributed by atoms with Gasteiger partial charge in [-0.3, -0.25) is 5.32 Å². The van der Waals surface area contributed by atoms with Crippen LogP contribution in [0.4, 0.5) is 0 Å². The van der Waals surface area contributed by atoms with Crippen LogP contribution in [0, 0.1) is 6.92 Å². The maximum atomic E-state index is 11.7. The smallest absolute Gasteiger partial charge is 0.328 e. The molecule has 92 valence electrons. The summed E-state index contributed by atoms with van der Waals surface area (Å²) in [7, 11) is 0. The highest BCUT2D eigenvalue weighted by atomic mass is 16.4. The molecule has 0 bridgehead atoms. The maximum absolute atomic E-state index is 11.7. The molecular weight excluding hydrogens is 214 g/mol. The van der Waals surface area contributed by atoms with E-state index in [9.17, 15) is 9.90 Å². The molecule has 0 fully saturated rings. The molecule has 0 spiro atoms. The third-order valence-corrected chi connectivity index (χ3v) is 3.39. The van der Waals surface area contributed by atoms with Gasteiger partial charge < -0.3 is 5.11 Å². The standard InChI is InChI=1S/C14H19NO2/c1-9(2)15-14(13(16)17)7-6-11-5-4-10(3)8-12(11)14/h4-5,8-9,15H,6-7H2,1-3H3,(H,16,17). The molecule has 0 amide bonds. The van der Waals surface area contributed by atoms with Crippen molar-refractivity contribution in [2.24, 2.45) is 0 Å². The van der Waals surface area contributed by atoms with Gasteiger partial charge >= 0.3 is 5.97 Å². The molecule has 3 heteroatoms. The van der Waals surface area contributed by atoms with Crippen molar-refractivity contribution in [1.29, 1.82) is 0 Å². The van der Waals surface area contributed by atoms with Gasteiger partial charge in [-0.1, -0.05) is 23.8 Å². The normalized spacial score (nSPS) is 22.8. The Labute approximate surface area is 102 Å². The second-order valence-electron chi connectivity index (χ2n) is 5.17. The summed E-state index contributed by atoms with van der Waals surface area (Å²) in [5, 5.41) is 12.8. The van der Waals surface area contributed by atoms with Crippen molar-refractivity contribution < 1.29 is 9.90 Å². The number of nitrogens with one attached hydrogen (secondary N) is 1. The molecule has 0 heterocycles. The van der Waals surface area contributed by atoms with E-state index in [4.69, 9.17) is 0 Å². The zero-order valence-electron chi connectivity index (χ0n) is 10.6. The van der Waals surface area contributed by atoms with Crippen LogP contribution in [0.5, 0.6) is 0 Å². The number of carboxylic acids is 1. The Morgan fingerprint density at radius 1 is 1.47 bits per heavy atom. The molecule has 0 aromatic heterocycles. The van der Waals surface area contributed by atoms with Crippen molar-refractivity contribution in [3.8, 4) is 0 Å². The van der Waals surface area contributed by atoms with E-state index in [0.29, 0.717) is 6.42 Å². The van der Waals surface area contributed by atoms with Gasteiger partial charge in [0, 0.05) is 6.04 Å². The van der Waals surface area contributed by atoms with Crippen LogP contribution in [0.2, 0.25) is 0 Å². The average molecular weight is 233 g/mol. The van der Waals surface area contributed by atoms with E-state index in [0.717, 1.165) is 23.1 Å². The Balaban J connectivity index is 2.52. The van der Waals surface area contributed by atoms with Gasteiger partial charge in [-0.25, -0.2) is 4.79 Å². The molecule has 1 aromatic rings. The first-order valence-corrected chi connectivity index (χ1v) is 6.07. The number of fused-ring (bicyclic) bond motifs is 1. The Bertz CT molecular complexity index is 454. The van der Waals surface area contributed by atoms with Crippen LogP contribution < -0.4 is 5.32 Å². The third kappa shape index (κ3) is 1.95. The van der Waals surface area contributed by atoms with Crippen LogP contribution in [0.3, 0.4) is 0 Å². The number of aliphatic carboxylic acids is 1. The van der Waals surface area contributed by atoms with E-state index in [1.807, 2.05) is 32.9 Å². The lowest BCUT2D eigenvalue weighted by Crippen LogP contribution is -2.50. The molecule has 1 aliphatic rings. The Morgan fingerprint density at radius 2 is 2.18 bits per heavy atom. The van der Waals surface area contributed by atoms with Crippen molar-refractivity contribution in [3.05, 3.63) is 34.9 Å². The fourth-order valence-corrected chi connectivity index (χ4v) is 2.69. The molecule has 0 saturated carbocycles. The quantitative estimate of drug-likeness (QED) is 0.841. The predicted molar refractivity (Wildman–Crippen MR) is 67.1 cm³/mol. The SMILES string of the molecule is Cc1ccc2c(c1)C(NC(C)C)(C(=O)O)CC2. The highest BCUT2D eigenvalue weighted by Crippen LogP contribution is 2.38. The van der Waals surface area contributed by atoms with Crippen LogP contribution in [0.1, 0.15) is 37.0 Å². The second-order valence-corrected chi connectivity index (χ2v) is 5.17. The molecule has 1 unspecified atom stereocenters. The zero-order valence-corrected chi connectivity index (χ0v) is 10.6. The van der Waals surface area contributed by atoms with Gasteiger partial charge in [0.2, 0.25) is 0 Å². The van der Waals surface area contributed by atoms with Gasteiger partial charge in [-0.2, -0.15) is 0 Å². The largest absolute Gasteiger partial charge is 0.480 e. The van der Waals surface area contributed by atoms with Gasteiger partial charge in [0.25, 0.3) is 0 Å². The second kappa shape index (κ2) is 4.15. The molecule has 2 N–H and O–H groups in total. The molecule has 2 rings (SSSR count). The number of hydrogen-bond acceptors (Lipinski definition) is 2. The van der Waals surface area contributed by atoms with Crippen molar-refractivity contribution >= 4 is 5.97 Å². The summed E-state index contributed by atoms with van der Waals surface area (Å²) in [6, 6.07) is 6.26. The van der Waals surface area contributed by atoms with E-state index >= 15 is 0 Å². The number of carbonyl (C=O) groups is 1. The first-order valence-electron chi connectivity index (χ1n) is 6.07. The van der Waals surface area contributed by atoms with Crippen LogP contribution in [-0.4, -0.2) is 17.1 Å². The highest BCUT2D eigenvalue weighted by molar-refractivity contribution is 5.82. The van der Waals surface area contributed by atoms with Crippen LogP contribution in [-0.2, 0) is 16.8 Å². The molecular formula is C14H19NO2. The number of carboxylic acid groups (broad SMARTS) is 1. The molecule has 0 radical (unpaired) electrons. The summed E-state index contributed by atoms with van der Waals surface area (Å²) in [6.45, 7) is 5.97. The van der Waals surface area contributed by atoms with E-state index in [2.05, 4.69) is 11.4 Å². The molecule has 17 heavy (non-hydrogen) atoms. The van der Waals surface area contributed by atoms with Crippen molar-refractivity contribution in [2.45, 2.75) is 45.2 Å². The van der Waals surface area contributed by atoms with Crippen molar-refractivity contribution in [1.82, 2.24) is 5.32 Å². The molecule has 0 saturated heterocycles. The van der Waals surface area contributed by atoms with Gasteiger partial charge in [0.05, 0.1) is 0 Å². The lowest BCUT2D eigenvalue weighted by Gasteiger charge is -2.29. The van der Waals surface area contributed by atoms with Gasteiger partial charge in [-0.05, 0) is 44.7 Å². The molecule has 3 nitrogen and oxygen atoms in total. The minimum Gasteiger partial charge on any atom is -0.480 e. The summed E-state index contributed by atoms with van der Waals surface area (Å²) in [5.74, 6) is -0.768. The number of aryl methyl sites for hydroxylation is 2. The lowest BCUT2D eigenvalue weighted by atomic mass is 9.90. The Kier molecular flexibility index (Phi) is 2.96. The minimum atomic E-state index is -0.893. The molecule has 0 aliphatic heterocycles. The summed E-state index contributed by atoms with van der Waals surface area (Å²) >= 11 is 0. The van der Waals surface area contributed by atoms with Gasteiger partial charge in [0.15, 0.2) is 0 Å². The van der Waals surface area contributed by atoms with E-state index in [1.54, 1.807) is 0 Å². The Morgan fingerprint density at radius 3 is 2.76 bits per heavy atom. The first kappa shape index (κ1) is 12.1. The summed E-state index contributed by atoms with van der Waals surface area (Å²) < 4.78 is 0. The number of benzene rings is 1. The fourth-order valence-electron chi connectivity index (χ4n) is 2.69. The third-order valence-electron chi connectivity index (χ3n) is 3.39. The highest BCUT2D eigenvalue weighted by Gasteiger charge is 2.45. The number of hydrogen-bond donors (Lipinski definition) is 2. The van der Waals surface area contributed by atoms with Crippen LogP contribution >= 0.6 is 0 Å². The average Bonchev–Trinajstić information content (AvgIpc) is 2.57. The minimum absolute atomic E-state index is 0.151. The van der Waals surface area contributed by atoms with E-state index in [-0.39, 0.29) is 6.04 Å². The molecule has 1 aromatic carbocycles. The number of rotatable bonds is 3. The fraction of sp³-hybridized carbons (Fsp3) is 0.500. The van der Waals surface area contributed by atoms with Crippen molar-refractivity contribution in [2.75, 3.05) is 0 Å². The van der Waals surface area contributed by atoms with E-state index in [1.165, 1.54) is 0 Å². The monoisotopic (exact) mass is 233 g/mol. The predicted octanol–water partition coefficient (Wildman–Crippen LogP) is 2.22.